The van der Waals surface area contributed by atoms with E-state index in [1.54, 1.807) is 0 Å². The highest BCUT2D eigenvalue weighted by Crippen LogP contribution is 2.32. The number of unbranched alkanes of at least 4 members (excludes halogenated alkanes) is 9. The first kappa shape index (κ1) is 25.0. The number of aliphatic carboxylic acids is 1. The summed E-state index contributed by atoms with van der Waals surface area (Å²) in [4.78, 5) is 24.0. The van der Waals surface area contributed by atoms with Crippen molar-refractivity contribution in [1.29, 1.82) is 0 Å². The summed E-state index contributed by atoms with van der Waals surface area (Å²) in [6, 6.07) is 0. The number of hydrogen-bond donors (Lipinski definition) is 1. The summed E-state index contributed by atoms with van der Waals surface area (Å²) in [5.74, 6) is -2.11. The Morgan fingerprint density at radius 2 is 1.32 bits per heavy atom. The fourth-order valence-corrected chi connectivity index (χ4v) is 4.40. The van der Waals surface area contributed by atoms with E-state index in [0.717, 1.165) is 38.5 Å². The topological polar surface area (TPSA) is 63.6 Å². The third-order valence-electron chi connectivity index (χ3n) is 6.16. The predicted octanol–water partition coefficient (Wildman–Crippen LogP) is 6.90. The smallest absolute Gasteiger partial charge is 0.310 e. The van der Waals surface area contributed by atoms with Gasteiger partial charge in [0.1, 0.15) is 6.10 Å². The van der Waals surface area contributed by atoms with Crippen LogP contribution in [0.15, 0.2) is 0 Å². The van der Waals surface area contributed by atoms with Crippen molar-refractivity contribution in [3.8, 4) is 0 Å². The molecule has 0 radical (unpaired) electrons. The third-order valence-corrected chi connectivity index (χ3v) is 6.16. The van der Waals surface area contributed by atoms with Crippen molar-refractivity contribution in [3.05, 3.63) is 0 Å². The molecule has 4 heteroatoms. The normalized spacial score (nSPS) is 20.6. The highest BCUT2D eigenvalue weighted by molar-refractivity contribution is 5.81. The van der Waals surface area contributed by atoms with Crippen molar-refractivity contribution in [2.24, 2.45) is 11.8 Å². The minimum Gasteiger partial charge on any atom is -0.481 e. The number of ether oxygens (including phenoxy) is 1. The number of carboxylic acid groups (broad SMARTS) is 1. The Morgan fingerprint density at radius 1 is 0.786 bits per heavy atom. The molecule has 1 rings (SSSR count). The van der Waals surface area contributed by atoms with Gasteiger partial charge in [0.15, 0.2) is 0 Å². The van der Waals surface area contributed by atoms with Gasteiger partial charge in [-0.1, -0.05) is 90.9 Å². The summed E-state index contributed by atoms with van der Waals surface area (Å²) in [5, 5.41) is 9.39. The number of carbonyl (C=O) groups is 2. The number of carbonyl (C=O) groups excluding carboxylic acids is 1. The quantitative estimate of drug-likeness (QED) is 0.228. The molecule has 0 aromatic rings. The Bertz CT molecular complexity index is 421. The second-order valence-corrected chi connectivity index (χ2v) is 8.65. The lowest BCUT2D eigenvalue weighted by Crippen LogP contribution is -2.35. The number of rotatable bonds is 16. The maximum atomic E-state index is 12.6. The van der Waals surface area contributed by atoms with Gasteiger partial charge in [-0.3, -0.25) is 9.59 Å². The Labute approximate surface area is 172 Å². The van der Waals surface area contributed by atoms with Gasteiger partial charge >= 0.3 is 11.9 Å². The summed E-state index contributed by atoms with van der Waals surface area (Å²) in [7, 11) is 0. The zero-order chi connectivity index (χ0) is 20.6. The van der Waals surface area contributed by atoms with Gasteiger partial charge in [-0.05, 0) is 32.1 Å². The van der Waals surface area contributed by atoms with Crippen LogP contribution in [-0.4, -0.2) is 23.1 Å². The monoisotopic (exact) mass is 396 g/mol. The van der Waals surface area contributed by atoms with E-state index in [1.165, 1.54) is 57.8 Å². The molecule has 1 saturated carbocycles. The Balaban J connectivity index is 2.23. The van der Waals surface area contributed by atoms with Gasteiger partial charge in [0, 0.05) is 0 Å². The van der Waals surface area contributed by atoms with E-state index in [1.807, 2.05) is 0 Å². The van der Waals surface area contributed by atoms with Crippen LogP contribution < -0.4 is 0 Å². The van der Waals surface area contributed by atoms with Crippen molar-refractivity contribution < 1.29 is 19.4 Å². The molecule has 0 bridgehead atoms. The average Bonchev–Trinajstić information content (AvgIpc) is 2.69. The van der Waals surface area contributed by atoms with Gasteiger partial charge in [-0.25, -0.2) is 0 Å². The van der Waals surface area contributed by atoms with Crippen LogP contribution in [0.5, 0.6) is 0 Å². The summed E-state index contributed by atoms with van der Waals surface area (Å²) in [5.41, 5.74) is 0. The molecule has 3 unspecified atom stereocenters. The fraction of sp³-hybridized carbons (Fsp3) is 0.917. The lowest BCUT2D eigenvalue weighted by atomic mass is 9.79. The van der Waals surface area contributed by atoms with Crippen molar-refractivity contribution in [2.75, 3.05) is 0 Å². The fourth-order valence-electron chi connectivity index (χ4n) is 4.40. The number of carboxylic acids is 1. The maximum Gasteiger partial charge on any atom is 0.310 e. The van der Waals surface area contributed by atoms with E-state index in [4.69, 9.17) is 4.74 Å². The first-order valence-electron chi connectivity index (χ1n) is 12.0. The standard InChI is InChI=1S/C24H44O4/c1-3-5-6-7-8-9-10-11-12-13-17-20(16-4-2)28-24(27)22-19-15-14-18-21(22)23(25)26/h20-22H,3-19H2,1-2H3,(H,25,26). The van der Waals surface area contributed by atoms with Crippen LogP contribution in [0.4, 0.5) is 0 Å². The van der Waals surface area contributed by atoms with E-state index in [0.29, 0.717) is 12.8 Å². The molecule has 0 spiro atoms. The highest BCUT2D eigenvalue weighted by atomic mass is 16.5. The van der Waals surface area contributed by atoms with Crippen molar-refractivity contribution in [3.63, 3.8) is 0 Å². The molecule has 0 aromatic carbocycles. The molecule has 0 amide bonds. The van der Waals surface area contributed by atoms with E-state index < -0.39 is 17.8 Å². The summed E-state index contributed by atoms with van der Waals surface area (Å²) in [6.45, 7) is 4.36. The number of hydrogen-bond acceptors (Lipinski definition) is 3. The molecule has 1 fully saturated rings. The van der Waals surface area contributed by atoms with E-state index in [2.05, 4.69) is 13.8 Å². The lowest BCUT2D eigenvalue weighted by molar-refractivity contribution is -0.164. The van der Waals surface area contributed by atoms with E-state index in [-0.39, 0.29) is 12.1 Å². The minimum absolute atomic E-state index is 0.0390. The largest absolute Gasteiger partial charge is 0.481 e. The van der Waals surface area contributed by atoms with Crippen LogP contribution in [0.1, 0.15) is 123 Å². The van der Waals surface area contributed by atoms with Crippen LogP contribution >= 0.6 is 0 Å². The summed E-state index contributed by atoms with van der Waals surface area (Å²) < 4.78 is 5.79. The molecular weight excluding hydrogens is 352 g/mol. The first-order valence-corrected chi connectivity index (χ1v) is 12.0. The van der Waals surface area contributed by atoms with Crippen LogP contribution in [0.3, 0.4) is 0 Å². The van der Waals surface area contributed by atoms with Gasteiger partial charge in [-0.2, -0.15) is 0 Å². The molecule has 0 aliphatic heterocycles. The Hall–Kier alpha value is -1.06. The summed E-state index contributed by atoms with van der Waals surface area (Å²) >= 11 is 0. The maximum absolute atomic E-state index is 12.6. The molecule has 28 heavy (non-hydrogen) atoms. The molecule has 1 aliphatic carbocycles. The summed E-state index contributed by atoms with van der Waals surface area (Å²) in [6.07, 6.45) is 18.9. The van der Waals surface area contributed by atoms with Gasteiger partial charge in [0.2, 0.25) is 0 Å². The van der Waals surface area contributed by atoms with Gasteiger partial charge in [0.05, 0.1) is 11.8 Å². The van der Waals surface area contributed by atoms with Crippen LogP contribution in [0, 0.1) is 11.8 Å². The first-order chi connectivity index (χ1) is 13.6. The van der Waals surface area contributed by atoms with Gasteiger partial charge in [0.25, 0.3) is 0 Å². The predicted molar refractivity (Wildman–Crippen MR) is 114 cm³/mol. The van der Waals surface area contributed by atoms with E-state index >= 15 is 0 Å². The SMILES string of the molecule is CCCCCCCCCCCCC(CCC)OC(=O)C1CCCCC1C(=O)O. The third kappa shape index (κ3) is 10.5. The van der Waals surface area contributed by atoms with Crippen molar-refractivity contribution in [1.82, 2.24) is 0 Å². The number of esters is 1. The zero-order valence-electron chi connectivity index (χ0n) is 18.4. The Kier molecular flexibility index (Phi) is 14.1. The molecule has 4 nitrogen and oxygen atoms in total. The second kappa shape index (κ2) is 15.8. The van der Waals surface area contributed by atoms with E-state index in [9.17, 15) is 14.7 Å². The average molecular weight is 397 g/mol. The highest BCUT2D eigenvalue weighted by Gasteiger charge is 2.37. The zero-order valence-corrected chi connectivity index (χ0v) is 18.4. The van der Waals surface area contributed by atoms with Crippen LogP contribution in [0.25, 0.3) is 0 Å². The van der Waals surface area contributed by atoms with Gasteiger partial charge in [-0.15, -0.1) is 0 Å². The molecule has 164 valence electrons. The van der Waals surface area contributed by atoms with Crippen molar-refractivity contribution >= 4 is 11.9 Å². The molecule has 0 heterocycles. The molecular formula is C24H44O4. The molecule has 1 aliphatic rings. The molecule has 1 N–H and O–H groups in total. The van der Waals surface area contributed by atoms with Gasteiger partial charge < -0.3 is 9.84 Å². The molecule has 0 aromatic heterocycles. The Morgan fingerprint density at radius 3 is 1.86 bits per heavy atom. The molecule has 3 atom stereocenters. The lowest BCUT2D eigenvalue weighted by Gasteiger charge is -2.28. The minimum atomic E-state index is -0.844. The van der Waals surface area contributed by atoms with Crippen molar-refractivity contribution in [2.45, 2.75) is 129 Å². The van der Waals surface area contributed by atoms with Crippen LogP contribution in [-0.2, 0) is 14.3 Å². The molecule has 0 saturated heterocycles. The van der Waals surface area contributed by atoms with Crippen LogP contribution in [0.2, 0.25) is 0 Å². The second-order valence-electron chi connectivity index (χ2n) is 8.65.